The molecule has 5 aromatic heterocycles. The Bertz CT molecular complexity index is 3040. The third kappa shape index (κ3) is 36.2. The highest BCUT2D eigenvalue weighted by molar-refractivity contribution is 6.74. The molecule has 0 spiro atoms. The van der Waals surface area contributed by atoms with Gasteiger partial charge in [-0.1, -0.05) is 88.1 Å². The topological polar surface area (TPSA) is 390 Å². The highest BCUT2D eigenvalue weighted by Crippen LogP contribution is 2.38. The van der Waals surface area contributed by atoms with Crippen LogP contribution >= 0.6 is 0 Å². The zero-order chi connectivity index (χ0) is 74.8. The van der Waals surface area contributed by atoms with E-state index in [1.165, 1.54) is 25.0 Å². The van der Waals surface area contributed by atoms with Crippen molar-refractivity contribution >= 4 is 67.3 Å². The molecule has 28 nitrogen and oxygen atoms in total. The highest BCUT2D eigenvalue weighted by atomic mass is 28.4. The van der Waals surface area contributed by atoms with Gasteiger partial charge in [0.05, 0.1) is 39.3 Å². The number of carbonyl (C=O) groups excluding carboxylic acids is 5. The number of ether oxygens (including phenoxy) is 4. The minimum absolute atomic E-state index is 0.0350. The van der Waals surface area contributed by atoms with Gasteiger partial charge in [0.25, 0.3) is 0 Å². The smallest absolute Gasteiger partial charge is 0.343 e. The first-order valence-electron chi connectivity index (χ1n) is 31.0. The van der Waals surface area contributed by atoms with Gasteiger partial charge >= 0.3 is 29.8 Å². The molecule has 0 bridgehead atoms. The summed E-state index contributed by atoms with van der Waals surface area (Å²) in [4.78, 5) is 65.7. The minimum atomic E-state index is -2.62. The fourth-order valence-electron chi connectivity index (χ4n) is 6.12. The van der Waals surface area contributed by atoms with Crippen LogP contribution in [0.5, 0.6) is 0 Å². The molecular weight excluding hydrogens is 1340 g/mol. The van der Waals surface area contributed by atoms with Crippen molar-refractivity contribution in [1.82, 2.24) is 25.8 Å². The molecule has 0 atom stereocenters. The maximum absolute atomic E-state index is 12.0. The van der Waals surface area contributed by atoms with Gasteiger partial charge in [-0.05, 0) is 88.5 Å². The van der Waals surface area contributed by atoms with Gasteiger partial charge < -0.3 is 80.2 Å². The molecule has 0 saturated heterocycles. The average molecular weight is 1440 g/mol. The van der Waals surface area contributed by atoms with Crippen molar-refractivity contribution in [2.24, 2.45) is 5.16 Å². The quantitative estimate of drug-likeness (QED) is 0.00397. The van der Waals surface area contributed by atoms with Crippen molar-refractivity contribution in [2.75, 3.05) is 59.5 Å². The third-order valence-electron chi connectivity index (χ3n) is 14.5. The Kier molecular flexibility index (Phi) is 44.3. The molecule has 97 heavy (non-hydrogen) atoms. The summed E-state index contributed by atoms with van der Waals surface area (Å²) in [6, 6.07) is 0. The van der Waals surface area contributed by atoms with Crippen LogP contribution in [0.2, 0.25) is 54.4 Å². The number of carboxylic acid groups (broad SMARTS) is 1. The molecule has 0 saturated carbocycles. The lowest BCUT2D eigenvalue weighted by Gasteiger charge is -2.36. The van der Waals surface area contributed by atoms with E-state index in [9.17, 15) is 46.3 Å². The molecule has 5 aromatic rings. The lowest BCUT2D eigenvalue weighted by atomic mass is 10.2. The summed E-state index contributed by atoms with van der Waals surface area (Å²) in [5.41, 5.74) is 1.60. The van der Waals surface area contributed by atoms with E-state index in [1.807, 2.05) is 0 Å². The maximum atomic E-state index is 12.0. The molecule has 4 N–H and O–H groups in total. The van der Waals surface area contributed by atoms with E-state index in [0.29, 0.717) is 81.2 Å². The zero-order valence-corrected chi connectivity index (χ0v) is 62.3. The predicted molar refractivity (Wildman–Crippen MR) is 353 cm³/mol. The van der Waals surface area contributed by atoms with E-state index in [1.54, 1.807) is 27.7 Å². The van der Waals surface area contributed by atoms with Crippen LogP contribution in [0.3, 0.4) is 0 Å². The Labute approximate surface area is 567 Å². The SMILES string of the molecule is CC(C)(C)[Si](C)(C)OCC/C=N/O.CC(C)(C)[Si](C)(C)OCCCO.CCOC(=O)c1conc1CC(F)F.CCOC(=O)c1conc1CC=O.CCOC(=O)c1conc1CCO.CCOC(=O)c1conc1CCO[Si](C)(C)C(C)(C)C.O=C(O)c1conc1CC(F)F. The number of alkyl halides is 4. The van der Waals surface area contributed by atoms with Gasteiger partial charge in [0, 0.05) is 64.9 Å². The molecule has 0 aliphatic heterocycles. The molecule has 0 fully saturated rings. The van der Waals surface area contributed by atoms with Crippen molar-refractivity contribution in [1.29, 1.82) is 0 Å². The number of esters is 4. The van der Waals surface area contributed by atoms with Crippen LogP contribution in [0, 0.1) is 0 Å². The van der Waals surface area contributed by atoms with E-state index < -0.39 is 80.5 Å². The van der Waals surface area contributed by atoms with Gasteiger partial charge in [-0.15, -0.1) is 5.16 Å². The van der Waals surface area contributed by atoms with Crippen molar-refractivity contribution < 1.29 is 122 Å². The normalized spacial score (nSPS) is 11.6. The molecular formula is C62H102F4N6O22Si3. The summed E-state index contributed by atoms with van der Waals surface area (Å²) in [5.74, 6) is -3.37. The number of aldehydes is 1. The van der Waals surface area contributed by atoms with Crippen LogP contribution in [0.1, 0.15) is 183 Å². The lowest BCUT2D eigenvalue weighted by Crippen LogP contribution is -2.41. The molecule has 5 rings (SSSR count). The minimum Gasteiger partial charge on any atom is -0.478 e. The molecule has 0 amide bonds. The number of oxime groups is 1. The van der Waals surface area contributed by atoms with Gasteiger partial charge in [-0.3, -0.25) is 0 Å². The summed E-state index contributed by atoms with van der Waals surface area (Å²) >= 11 is 0. The Morgan fingerprint density at radius 1 is 0.495 bits per heavy atom. The Balaban J connectivity index is 0. The second kappa shape index (κ2) is 46.8. The highest BCUT2D eigenvalue weighted by Gasteiger charge is 2.39. The monoisotopic (exact) mass is 1440 g/mol. The van der Waals surface area contributed by atoms with Crippen LogP contribution in [0.15, 0.2) is 59.1 Å². The number of halogens is 4. The fourth-order valence-corrected chi connectivity index (χ4v) is 9.31. The Morgan fingerprint density at radius 3 is 1.12 bits per heavy atom. The second-order valence-electron chi connectivity index (χ2n) is 24.8. The number of aliphatic hydroxyl groups is 2. The van der Waals surface area contributed by atoms with E-state index in [4.69, 9.17) is 52.5 Å². The summed E-state index contributed by atoms with van der Waals surface area (Å²) in [6.45, 7) is 43.1. The zero-order valence-electron chi connectivity index (χ0n) is 59.3. The number of aromatic nitrogens is 5. The average Bonchev–Trinajstić information content (AvgIpc) is 1.82. The standard InChI is InChI=1S/C14H25NO4Si.C9H21NO2Si.C9H22O2Si.C8H9F2NO3.C8H11NO4.C8H9NO4.C6H5F2NO3/c1-7-17-13(16)11-10-18-15-12(11)8-9-19-20(5,6)14(2,3)4;1-9(2,3)13(4,5)12-8-6-7-10-11;1-9(2,3)12(4,5)11-8-6-7-10;1-2-13-8(12)5-4-14-11-6(5)3-7(9)10;2*1-2-12-8(11)6-5-13-9-7(6)3-4-10;7-5(8)1-4-3(6(10)11)2-12-9-4/h10H,7-9H2,1-6H3;7,11H,6,8H2,1-5H3;10H,6-8H2,1-5H3;4,7H,2-3H2,1H3;5,10H,2-4H2,1H3;4-5H,2-3H2,1H3;2,5H,1H2,(H,10,11)/b;10-7+;;;;;. The first kappa shape index (κ1) is 91.8. The second-order valence-corrected chi connectivity index (χ2v) is 39.3. The van der Waals surface area contributed by atoms with Crippen LogP contribution in [-0.4, -0.2) is 186 Å². The van der Waals surface area contributed by atoms with E-state index in [2.05, 4.69) is 155 Å². The van der Waals surface area contributed by atoms with Crippen LogP contribution in [0.25, 0.3) is 0 Å². The van der Waals surface area contributed by atoms with E-state index in [0.717, 1.165) is 18.9 Å². The summed E-state index contributed by atoms with van der Waals surface area (Å²) in [5, 5.41) is 54.9. The number of nitrogens with zero attached hydrogens (tertiary/aromatic N) is 6. The summed E-state index contributed by atoms with van der Waals surface area (Å²) < 4.78 is 107. The van der Waals surface area contributed by atoms with Gasteiger partial charge in [0.2, 0.25) is 12.9 Å². The van der Waals surface area contributed by atoms with Gasteiger partial charge in [0.15, 0.2) is 25.0 Å². The molecule has 35 heteroatoms. The number of hydrogen-bond acceptors (Lipinski definition) is 27. The number of hydrogen-bond donors (Lipinski definition) is 4. The number of aromatic carboxylic acids is 1. The number of rotatable bonds is 29. The first-order valence-corrected chi connectivity index (χ1v) is 39.7. The molecule has 0 radical (unpaired) electrons. The Morgan fingerprint density at radius 2 is 0.804 bits per heavy atom. The van der Waals surface area contributed by atoms with Crippen molar-refractivity contribution in [2.45, 2.75) is 202 Å². The third-order valence-corrected chi connectivity index (χ3v) is 28.1. The molecule has 0 aliphatic carbocycles. The van der Waals surface area contributed by atoms with Crippen LogP contribution < -0.4 is 0 Å². The first-order chi connectivity index (χ1) is 45.1. The molecule has 552 valence electrons. The molecule has 5 heterocycles. The lowest BCUT2D eigenvalue weighted by molar-refractivity contribution is -0.107. The maximum Gasteiger partial charge on any atom is 0.343 e. The van der Waals surface area contributed by atoms with Gasteiger partial charge in [-0.2, -0.15) is 0 Å². The summed E-state index contributed by atoms with van der Waals surface area (Å²) in [7, 11) is -4.92. The number of aliphatic hydroxyl groups excluding tert-OH is 2. The molecule has 0 unspecified atom stereocenters. The largest absolute Gasteiger partial charge is 0.478 e. The van der Waals surface area contributed by atoms with E-state index >= 15 is 0 Å². The van der Waals surface area contributed by atoms with E-state index in [-0.39, 0.29) is 81.6 Å². The van der Waals surface area contributed by atoms with Crippen molar-refractivity contribution in [3.05, 3.63) is 87.6 Å². The molecule has 0 aliphatic rings. The predicted octanol–water partition coefficient (Wildman–Crippen LogP) is 12.5. The molecule has 0 aromatic carbocycles. The summed E-state index contributed by atoms with van der Waals surface area (Å²) in [6.07, 6.45) is 3.56. The van der Waals surface area contributed by atoms with Gasteiger partial charge in [-0.25, -0.2) is 41.5 Å². The van der Waals surface area contributed by atoms with Gasteiger partial charge in [0.1, 0.15) is 93.9 Å². The van der Waals surface area contributed by atoms with Crippen molar-refractivity contribution in [3.63, 3.8) is 0 Å². The fraction of sp³-hybridized carbons (Fsp3) is 0.645. The number of carboxylic acids is 1. The van der Waals surface area contributed by atoms with Crippen molar-refractivity contribution in [3.8, 4) is 0 Å². The van der Waals surface area contributed by atoms with Crippen LogP contribution in [-0.2, 0) is 69.1 Å². The number of carbonyl (C=O) groups is 6. The Hall–Kier alpha value is -7.29. The van der Waals surface area contributed by atoms with Crippen LogP contribution in [0.4, 0.5) is 17.6 Å².